The summed E-state index contributed by atoms with van der Waals surface area (Å²) in [4.78, 5) is 11.4. The molecule has 0 saturated carbocycles. The molecule has 0 unspecified atom stereocenters. The molecule has 1 aromatic heterocycles. The molecule has 0 bridgehead atoms. The highest BCUT2D eigenvalue weighted by molar-refractivity contribution is 6.03. The first-order valence-electron chi connectivity index (χ1n) is 6.58. The van der Waals surface area contributed by atoms with E-state index in [9.17, 15) is 9.90 Å². The number of ether oxygens (including phenoxy) is 1. The molecule has 3 aromatic rings. The SMILES string of the molecule is Cc1ccc(OCc2oc3ccccc3c2C(=O)O)cc1. The van der Waals surface area contributed by atoms with Crippen molar-refractivity contribution >= 4 is 16.9 Å². The van der Waals surface area contributed by atoms with E-state index in [1.807, 2.05) is 37.3 Å². The molecular formula is C17H14O4. The first-order chi connectivity index (χ1) is 10.1. The van der Waals surface area contributed by atoms with Gasteiger partial charge in [-0.3, -0.25) is 0 Å². The van der Waals surface area contributed by atoms with Gasteiger partial charge < -0.3 is 14.3 Å². The third kappa shape index (κ3) is 2.60. The van der Waals surface area contributed by atoms with Gasteiger partial charge in [0.25, 0.3) is 0 Å². The molecule has 0 aliphatic rings. The van der Waals surface area contributed by atoms with Crippen LogP contribution in [0.1, 0.15) is 21.7 Å². The quantitative estimate of drug-likeness (QED) is 0.785. The van der Waals surface area contributed by atoms with Crippen molar-refractivity contribution < 1.29 is 19.1 Å². The largest absolute Gasteiger partial charge is 0.486 e. The number of benzene rings is 2. The standard InChI is InChI=1S/C17H14O4/c1-11-6-8-12(9-7-11)20-10-15-16(17(18)19)13-4-2-3-5-14(13)21-15/h2-9H,10H2,1H3,(H,18,19). The summed E-state index contributed by atoms with van der Waals surface area (Å²) in [5.41, 5.74) is 1.85. The number of fused-ring (bicyclic) bond motifs is 1. The minimum atomic E-state index is -1.01. The van der Waals surface area contributed by atoms with Crippen molar-refractivity contribution in [3.05, 3.63) is 65.4 Å². The minimum absolute atomic E-state index is 0.0827. The first-order valence-corrected chi connectivity index (χ1v) is 6.58. The van der Waals surface area contributed by atoms with Gasteiger partial charge in [-0.15, -0.1) is 0 Å². The van der Waals surface area contributed by atoms with Crippen molar-refractivity contribution in [3.63, 3.8) is 0 Å². The van der Waals surface area contributed by atoms with E-state index in [0.29, 0.717) is 22.5 Å². The number of aryl methyl sites for hydroxylation is 1. The average Bonchev–Trinajstić information content (AvgIpc) is 2.85. The van der Waals surface area contributed by atoms with Crippen molar-refractivity contribution in [3.8, 4) is 5.75 Å². The summed E-state index contributed by atoms with van der Waals surface area (Å²) in [7, 11) is 0. The summed E-state index contributed by atoms with van der Waals surface area (Å²) in [6.07, 6.45) is 0. The second-order valence-corrected chi connectivity index (χ2v) is 4.80. The Hall–Kier alpha value is -2.75. The normalized spacial score (nSPS) is 10.7. The van der Waals surface area contributed by atoms with Crippen molar-refractivity contribution in [2.75, 3.05) is 0 Å². The summed E-state index contributed by atoms with van der Waals surface area (Å²) < 4.78 is 11.2. The third-order valence-electron chi connectivity index (χ3n) is 3.27. The number of carboxylic acids is 1. The van der Waals surface area contributed by atoms with Crippen LogP contribution in [0.15, 0.2) is 52.9 Å². The van der Waals surface area contributed by atoms with E-state index in [4.69, 9.17) is 9.15 Å². The summed E-state index contributed by atoms with van der Waals surface area (Å²) >= 11 is 0. The molecule has 21 heavy (non-hydrogen) atoms. The smallest absolute Gasteiger partial charge is 0.340 e. The van der Waals surface area contributed by atoms with Crippen LogP contribution >= 0.6 is 0 Å². The number of rotatable bonds is 4. The van der Waals surface area contributed by atoms with Crippen LogP contribution in [-0.2, 0) is 6.61 Å². The number of carbonyl (C=O) groups is 1. The fourth-order valence-corrected chi connectivity index (χ4v) is 2.22. The van der Waals surface area contributed by atoms with Crippen LogP contribution in [0.5, 0.6) is 5.75 Å². The van der Waals surface area contributed by atoms with Gasteiger partial charge in [-0.2, -0.15) is 0 Å². The van der Waals surface area contributed by atoms with Crippen molar-refractivity contribution in [2.24, 2.45) is 0 Å². The fraction of sp³-hybridized carbons (Fsp3) is 0.118. The summed E-state index contributed by atoms with van der Waals surface area (Å²) in [6, 6.07) is 14.6. The molecule has 2 aromatic carbocycles. The van der Waals surface area contributed by atoms with Gasteiger partial charge in [0.15, 0.2) is 5.76 Å². The summed E-state index contributed by atoms with van der Waals surface area (Å²) in [5.74, 6) is -0.0101. The molecule has 0 atom stereocenters. The average molecular weight is 282 g/mol. The Bertz CT molecular complexity index is 784. The molecule has 4 heteroatoms. The van der Waals surface area contributed by atoms with Crippen molar-refractivity contribution in [1.82, 2.24) is 0 Å². The molecule has 3 rings (SSSR count). The van der Waals surface area contributed by atoms with Gasteiger partial charge in [-0.05, 0) is 25.1 Å². The zero-order valence-electron chi connectivity index (χ0n) is 11.5. The number of aromatic carboxylic acids is 1. The fourth-order valence-electron chi connectivity index (χ4n) is 2.22. The lowest BCUT2D eigenvalue weighted by Crippen LogP contribution is -2.03. The molecular weight excluding hydrogens is 268 g/mol. The van der Waals surface area contributed by atoms with Crippen molar-refractivity contribution in [2.45, 2.75) is 13.5 Å². The number of furan rings is 1. The molecule has 106 valence electrons. The van der Waals surface area contributed by atoms with Crippen LogP contribution < -0.4 is 4.74 Å². The second-order valence-electron chi connectivity index (χ2n) is 4.80. The van der Waals surface area contributed by atoms with Crippen LogP contribution in [0.2, 0.25) is 0 Å². The molecule has 0 spiro atoms. The molecule has 0 radical (unpaired) electrons. The number of para-hydroxylation sites is 1. The van der Waals surface area contributed by atoms with Gasteiger partial charge in [0, 0.05) is 5.39 Å². The van der Waals surface area contributed by atoms with E-state index in [-0.39, 0.29) is 12.2 Å². The Balaban J connectivity index is 1.91. The lowest BCUT2D eigenvalue weighted by atomic mass is 10.1. The minimum Gasteiger partial charge on any atom is -0.486 e. The molecule has 1 heterocycles. The lowest BCUT2D eigenvalue weighted by molar-refractivity contribution is 0.0693. The maximum atomic E-state index is 11.4. The predicted octanol–water partition coefficient (Wildman–Crippen LogP) is 4.02. The Kier molecular flexibility index (Phi) is 3.36. The molecule has 0 aliphatic heterocycles. The highest BCUT2D eigenvalue weighted by atomic mass is 16.5. The van der Waals surface area contributed by atoms with Crippen LogP contribution in [0.3, 0.4) is 0 Å². The summed E-state index contributed by atoms with van der Waals surface area (Å²) in [6.45, 7) is 2.07. The van der Waals surface area contributed by atoms with Crippen LogP contribution in [0.25, 0.3) is 11.0 Å². The van der Waals surface area contributed by atoms with E-state index in [1.165, 1.54) is 0 Å². The summed E-state index contributed by atoms with van der Waals surface area (Å²) in [5, 5.41) is 9.96. The van der Waals surface area contributed by atoms with Crippen LogP contribution in [0.4, 0.5) is 0 Å². The Morgan fingerprint density at radius 1 is 1.14 bits per heavy atom. The van der Waals surface area contributed by atoms with Gasteiger partial charge in [-0.25, -0.2) is 4.79 Å². The Labute approximate surface area is 121 Å². The van der Waals surface area contributed by atoms with E-state index in [2.05, 4.69) is 0 Å². The van der Waals surface area contributed by atoms with Crippen LogP contribution in [0, 0.1) is 6.92 Å². The van der Waals surface area contributed by atoms with E-state index < -0.39 is 5.97 Å². The molecule has 1 N–H and O–H groups in total. The highest BCUT2D eigenvalue weighted by Crippen LogP contribution is 2.27. The van der Waals surface area contributed by atoms with Gasteiger partial charge in [-0.1, -0.05) is 35.9 Å². The van der Waals surface area contributed by atoms with Crippen LogP contribution in [-0.4, -0.2) is 11.1 Å². The van der Waals surface area contributed by atoms with Crippen molar-refractivity contribution in [1.29, 1.82) is 0 Å². The molecule has 0 aliphatic carbocycles. The van der Waals surface area contributed by atoms with Gasteiger partial charge in [0.1, 0.15) is 23.5 Å². The maximum Gasteiger partial charge on any atom is 0.340 e. The first kappa shape index (κ1) is 13.2. The van der Waals surface area contributed by atoms with Gasteiger partial charge in [0.2, 0.25) is 0 Å². The number of hydrogen-bond acceptors (Lipinski definition) is 3. The zero-order chi connectivity index (χ0) is 14.8. The molecule has 0 fully saturated rings. The molecule has 0 saturated heterocycles. The third-order valence-corrected chi connectivity index (χ3v) is 3.27. The molecule has 4 nitrogen and oxygen atoms in total. The Morgan fingerprint density at radius 3 is 2.57 bits per heavy atom. The maximum absolute atomic E-state index is 11.4. The van der Waals surface area contributed by atoms with E-state index >= 15 is 0 Å². The van der Waals surface area contributed by atoms with Gasteiger partial charge in [0.05, 0.1) is 0 Å². The monoisotopic (exact) mass is 282 g/mol. The van der Waals surface area contributed by atoms with Gasteiger partial charge >= 0.3 is 5.97 Å². The second kappa shape index (κ2) is 5.32. The highest BCUT2D eigenvalue weighted by Gasteiger charge is 2.20. The van der Waals surface area contributed by atoms with E-state index in [0.717, 1.165) is 5.56 Å². The topological polar surface area (TPSA) is 59.7 Å². The molecule has 0 amide bonds. The van der Waals surface area contributed by atoms with E-state index in [1.54, 1.807) is 18.2 Å². The zero-order valence-corrected chi connectivity index (χ0v) is 11.5. The lowest BCUT2D eigenvalue weighted by Gasteiger charge is -2.05. The Morgan fingerprint density at radius 2 is 1.86 bits per heavy atom. The number of hydrogen-bond donors (Lipinski definition) is 1. The predicted molar refractivity (Wildman–Crippen MR) is 78.7 cm³/mol. The number of carboxylic acid groups (broad SMARTS) is 1.